The summed E-state index contributed by atoms with van der Waals surface area (Å²) in [6.45, 7) is 0. The van der Waals surface area contributed by atoms with E-state index < -0.39 is 38.3 Å². The van der Waals surface area contributed by atoms with E-state index in [0.29, 0.717) is 5.56 Å². The summed E-state index contributed by atoms with van der Waals surface area (Å²) in [7, 11) is -3.59. The van der Waals surface area contributed by atoms with Crippen LogP contribution >= 0.6 is 0 Å². The van der Waals surface area contributed by atoms with Crippen LogP contribution in [0.5, 0.6) is 0 Å². The summed E-state index contributed by atoms with van der Waals surface area (Å²) < 4.78 is 35.9. The molecule has 3 N–H and O–H groups in total. The van der Waals surface area contributed by atoms with Crippen LogP contribution in [0.15, 0.2) is 24.3 Å². The first-order valence-electron chi connectivity index (χ1n) is 5.15. The Bertz CT molecular complexity index is 598. The SMILES string of the molecule is CS(=O)(=O)C1C(c2ccc(F)cc2)C1(N)C(=O)O. The number of sulfone groups is 1. The zero-order valence-electron chi connectivity index (χ0n) is 9.50. The highest BCUT2D eigenvalue weighted by Crippen LogP contribution is 2.53. The topological polar surface area (TPSA) is 97.5 Å². The Morgan fingerprint density at radius 1 is 1.39 bits per heavy atom. The van der Waals surface area contributed by atoms with E-state index >= 15 is 0 Å². The second-order valence-electron chi connectivity index (χ2n) is 4.52. The molecule has 5 nitrogen and oxygen atoms in total. The molecule has 0 amide bonds. The Balaban J connectivity index is 2.45. The molecule has 2 rings (SSSR count). The van der Waals surface area contributed by atoms with Crippen LogP contribution in [0.4, 0.5) is 4.39 Å². The van der Waals surface area contributed by atoms with Gasteiger partial charge in [0.05, 0.1) is 5.25 Å². The van der Waals surface area contributed by atoms with E-state index in [4.69, 9.17) is 10.8 Å². The maximum atomic E-state index is 12.8. The molecule has 0 radical (unpaired) electrons. The van der Waals surface area contributed by atoms with Crippen LogP contribution in [-0.2, 0) is 14.6 Å². The van der Waals surface area contributed by atoms with E-state index in [9.17, 15) is 17.6 Å². The summed E-state index contributed by atoms with van der Waals surface area (Å²) in [5.41, 5.74) is 4.25. The molecule has 1 aliphatic rings. The Morgan fingerprint density at radius 2 is 1.89 bits per heavy atom. The molecule has 7 heteroatoms. The van der Waals surface area contributed by atoms with Crippen molar-refractivity contribution in [3.05, 3.63) is 35.6 Å². The maximum Gasteiger partial charge on any atom is 0.325 e. The van der Waals surface area contributed by atoms with E-state index in [1.807, 2.05) is 0 Å². The number of halogens is 1. The van der Waals surface area contributed by atoms with Crippen molar-refractivity contribution >= 4 is 15.8 Å². The quantitative estimate of drug-likeness (QED) is 0.815. The van der Waals surface area contributed by atoms with Crippen molar-refractivity contribution in [3.63, 3.8) is 0 Å². The summed E-state index contributed by atoms with van der Waals surface area (Å²) in [6, 6.07) is 5.01. The van der Waals surface area contributed by atoms with Crippen LogP contribution in [0.1, 0.15) is 11.5 Å². The summed E-state index contributed by atoms with van der Waals surface area (Å²) in [4.78, 5) is 11.1. The molecule has 1 aromatic rings. The number of carboxylic acid groups (broad SMARTS) is 1. The van der Waals surface area contributed by atoms with Gasteiger partial charge in [-0.1, -0.05) is 12.1 Å². The molecule has 1 aliphatic carbocycles. The third-order valence-corrected chi connectivity index (χ3v) is 4.82. The average Bonchev–Trinajstić information content (AvgIpc) is 2.87. The smallest absolute Gasteiger partial charge is 0.325 e. The number of hydrogen-bond acceptors (Lipinski definition) is 4. The van der Waals surface area contributed by atoms with Gasteiger partial charge in [0.1, 0.15) is 11.4 Å². The molecular weight excluding hydrogens is 261 g/mol. The van der Waals surface area contributed by atoms with Gasteiger partial charge in [0.25, 0.3) is 0 Å². The highest BCUT2D eigenvalue weighted by molar-refractivity contribution is 7.91. The van der Waals surface area contributed by atoms with Gasteiger partial charge in [-0.25, -0.2) is 12.8 Å². The minimum absolute atomic E-state index is 0.414. The van der Waals surface area contributed by atoms with Crippen LogP contribution < -0.4 is 5.73 Å². The fourth-order valence-electron chi connectivity index (χ4n) is 2.35. The fourth-order valence-corrected chi connectivity index (χ4v) is 4.11. The van der Waals surface area contributed by atoms with Crippen LogP contribution in [-0.4, -0.2) is 36.5 Å². The number of aliphatic carboxylic acids is 1. The first-order chi connectivity index (χ1) is 8.19. The Labute approximate surface area is 103 Å². The Hall–Kier alpha value is -1.47. The predicted octanol–water partition coefficient (Wildman–Crippen LogP) is 0.118. The normalized spacial score (nSPS) is 31.1. The molecule has 0 bridgehead atoms. The van der Waals surface area contributed by atoms with Gasteiger partial charge in [-0.05, 0) is 17.7 Å². The van der Waals surface area contributed by atoms with Gasteiger partial charge in [0, 0.05) is 12.2 Å². The molecule has 0 aromatic heterocycles. The summed E-state index contributed by atoms with van der Waals surface area (Å²) >= 11 is 0. The maximum absolute atomic E-state index is 12.8. The van der Waals surface area contributed by atoms with Crippen molar-refractivity contribution in [2.45, 2.75) is 16.7 Å². The van der Waals surface area contributed by atoms with Gasteiger partial charge in [0.2, 0.25) is 0 Å². The summed E-state index contributed by atoms with van der Waals surface area (Å²) in [5, 5.41) is 7.90. The van der Waals surface area contributed by atoms with Gasteiger partial charge in [-0.15, -0.1) is 0 Å². The molecular formula is C11H12FNO4S. The third kappa shape index (κ3) is 1.79. The highest BCUT2D eigenvalue weighted by atomic mass is 32.2. The monoisotopic (exact) mass is 273 g/mol. The molecule has 3 unspecified atom stereocenters. The first kappa shape index (κ1) is 13.0. The number of carbonyl (C=O) groups is 1. The number of nitrogens with two attached hydrogens (primary N) is 1. The highest BCUT2D eigenvalue weighted by Gasteiger charge is 2.73. The lowest BCUT2D eigenvalue weighted by Gasteiger charge is -2.04. The van der Waals surface area contributed by atoms with Crippen molar-refractivity contribution in [3.8, 4) is 0 Å². The molecule has 0 saturated heterocycles. The van der Waals surface area contributed by atoms with Crippen LogP contribution in [0.2, 0.25) is 0 Å². The van der Waals surface area contributed by atoms with E-state index in [1.165, 1.54) is 12.1 Å². The molecule has 3 atom stereocenters. The Morgan fingerprint density at radius 3 is 2.22 bits per heavy atom. The van der Waals surface area contributed by atoms with Crippen molar-refractivity contribution in [2.75, 3.05) is 6.26 Å². The van der Waals surface area contributed by atoms with E-state index in [0.717, 1.165) is 18.4 Å². The molecule has 1 aromatic carbocycles. The zero-order valence-corrected chi connectivity index (χ0v) is 10.3. The molecule has 0 heterocycles. The molecule has 1 fully saturated rings. The van der Waals surface area contributed by atoms with Crippen LogP contribution in [0.3, 0.4) is 0 Å². The summed E-state index contributed by atoms with van der Waals surface area (Å²) in [5.74, 6) is -2.69. The van der Waals surface area contributed by atoms with Gasteiger partial charge < -0.3 is 10.8 Å². The minimum Gasteiger partial charge on any atom is -0.480 e. The predicted molar refractivity (Wildman–Crippen MR) is 62.3 cm³/mol. The van der Waals surface area contributed by atoms with Gasteiger partial charge in [0.15, 0.2) is 9.84 Å². The van der Waals surface area contributed by atoms with Gasteiger partial charge in [-0.2, -0.15) is 0 Å². The second kappa shape index (κ2) is 3.76. The fraction of sp³-hybridized carbons (Fsp3) is 0.364. The summed E-state index contributed by atoms with van der Waals surface area (Å²) in [6.07, 6.45) is 0.950. The first-order valence-corrected chi connectivity index (χ1v) is 7.11. The average molecular weight is 273 g/mol. The standard InChI is InChI=1S/C11H12FNO4S/c1-18(16,17)9-8(11(9,13)10(14)15)6-2-4-7(12)5-3-6/h2-5,8-9H,13H2,1H3,(H,14,15). The molecule has 0 spiro atoms. The van der Waals surface area contributed by atoms with Gasteiger partial charge in [-0.3, -0.25) is 4.79 Å². The Kier molecular flexibility index (Phi) is 2.71. The van der Waals surface area contributed by atoms with Crippen molar-refractivity contribution < 1.29 is 22.7 Å². The van der Waals surface area contributed by atoms with Gasteiger partial charge >= 0.3 is 5.97 Å². The zero-order chi connectivity index (χ0) is 13.7. The second-order valence-corrected chi connectivity index (χ2v) is 6.68. The van der Waals surface area contributed by atoms with Crippen LogP contribution in [0, 0.1) is 5.82 Å². The van der Waals surface area contributed by atoms with Crippen molar-refractivity contribution in [1.29, 1.82) is 0 Å². The lowest BCUT2D eigenvalue weighted by Crippen LogP contribution is -2.39. The number of rotatable bonds is 3. The van der Waals surface area contributed by atoms with Crippen LogP contribution in [0.25, 0.3) is 0 Å². The van der Waals surface area contributed by atoms with Crippen molar-refractivity contribution in [2.24, 2.45) is 5.73 Å². The minimum atomic E-state index is -3.59. The number of carboxylic acids is 1. The lowest BCUT2D eigenvalue weighted by molar-refractivity contribution is -0.139. The van der Waals surface area contributed by atoms with E-state index in [1.54, 1.807) is 0 Å². The van der Waals surface area contributed by atoms with Crippen molar-refractivity contribution in [1.82, 2.24) is 0 Å². The molecule has 0 aliphatic heterocycles. The molecule has 1 saturated carbocycles. The van der Waals surface area contributed by atoms with E-state index in [-0.39, 0.29) is 0 Å². The largest absolute Gasteiger partial charge is 0.480 e. The lowest BCUT2D eigenvalue weighted by atomic mass is 10.1. The third-order valence-electron chi connectivity index (χ3n) is 3.24. The molecule has 98 valence electrons. The van der Waals surface area contributed by atoms with E-state index in [2.05, 4.69) is 0 Å². The number of hydrogen-bond donors (Lipinski definition) is 2. The number of benzene rings is 1. The molecule has 18 heavy (non-hydrogen) atoms.